The van der Waals surface area contributed by atoms with Crippen LogP contribution >= 0.6 is 24.4 Å². The van der Waals surface area contributed by atoms with Gasteiger partial charge >= 0.3 is 11.9 Å². The van der Waals surface area contributed by atoms with Gasteiger partial charge in [0.05, 0.1) is 11.7 Å². The van der Waals surface area contributed by atoms with Crippen molar-refractivity contribution in [2.75, 3.05) is 11.5 Å². The first kappa shape index (κ1) is 12.6. The van der Waals surface area contributed by atoms with Gasteiger partial charge in [0.15, 0.2) is 0 Å². The second-order valence-electron chi connectivity index (χ2n) is 2.55. The van der Waals surface area contributed by atoms with Gasteiger partial charge in [-0.05, 0) is 0 Å². The number of rotatable bonds is 6. The molecule has 6 heteroatoms. The Labute approximate surface area is 86.1 Å². The highest BCUT2D eigenvalue weighted by molar-refractivity contribution is 8.01. The van der Waals surface area contributed by atoms with Gasteiger partial charge in [0.2, 0.25) is 0 Å². The Morgan fingerprint density at radius 3 is 2.31 bits per heavy atom. The number of hydrogen-bond donors (Lipinski definition) is 3. The van der Waals surface area contributed by atoms with E-state index in [1.807, 2.05) is 0 Å². The lowest BCUT2D eigenvalue weighted by Gasteiger charge is -2.16. The lowest BCUT2D eigenvalue weighted by molar-refractivity contribution is -0.141. The minimum Gasteiger partial charge on any atom is -0.481 e. The van der Waals surface area contributed by atoms with Crippen LogP contribution in [0.5, 0.6) is 0 Å². The van der Waals surface area contributed by atoms with Crippen molar-refractivity contribution in [1.29, 1.82) is 0 Å². The van der Waals surface area contributed by atoms with E-state index in [1.165, 1.54) is 0 Å². The molecule has 0 aliphatic rings. The van der Waals surface area contributed by atoms with E-state index >= 15 is 0 Å². The molecule has 0 aromatic carbocycles. The maximum Gasteiger partial charge on any atom is 0.313 e. The number of carbonyl (C=O) groups is 2. The minimum atomic E-state index is -0.936. The highest BCUT2D eigenvalue weighted by Gasteiger charge is 2.23. The van der Waals surface area contributed by atoms with E-state index < -0.39 is 17.9 Å². The van der Waals surface area contributed by atoms with Crippen molar-refractivity contribution >= 4 is 36.3 Å². The molecule has 13 heavy (non-hydrogen) atoms. The van der Waals surface area contributed by atoms with Crippen LogP contribution in [-0.4, -0.2) is 38.9 Å². The third kappa shape index (κ3) is 5.05. The van der Waals surface area contributed by atoms with Crippen molar-refractivity contribution in [3.05, 3.63) is 0 Å². The van der Waals surface area contributed by atoms with E-state index in [4.69, 9.17) is 10.2 Å². The lowest BCUT2D eigenvalue weighted by atomic mass is 10.1. The Morgan fingerprint density at radius 1 is 1.46 bits per heavy atom. The molecular weight excluding hydrogens is 212 g/mol. The molecule has 0 radical (unpaired) electrons. The summed E-state index contributed by atoms with van der Waals surface area (Å²) in [6.45, 7) is 1.55. The second kappa shape index (κ2) is 6.15. The number of carboxylic acids is 2. The molecule has 4 nitrogen and oxygen atoms in total. The molecule has 0 spiro atoms. The first-order valence-corrected chi connectivity index (χ1v) is 5.34. The molecule has 0 heterocycles. The molecule has 0 amide bonds. The number of hydrogen-bond acceptors (Lipinski definition) is 4. The van der Waals surface area contributed by atoms with Gasteiger partial charge in [-0.1, -0.05) is 6.92 Å². The van der Waals surface area contributed by atoms with E-state index in [0.717, 1.165) is 11.8 Å². The number of carboxylic acid groups (broad SMARTS) is 2. The maximum absolute atomic E-state index is 10.5. The molecule has 0 aromatic rings. The Hall–Kier alpha value is -0.360. The van der Waals surface area contributed by atoms with Crippen molar-refractivity contribution in [3.63, 3.8) is 0 Å². The van der Waals surface area contributed by atoms with Crippen molar-refractivity contribution in [2.24, 2.45) is 5.92 Å². The summed E-state index contributed by atoms with van der Waals surface area (Å²) in [6.07, 6.45) is 0. The van der Waals surface area contributed by atoms with Gasteiger partial charge in [0.25, 0.3) is 0 Å². The first-order chi connectivity index (χ1) is 5.99. The van der Waals surface area contributed by atoms with Crippen LogP contribution in [-0.2, 0) is 9.59 Å². The lowest BCUT2D eigenvalue weighted by Crippen LogP contribution is -2.25. The normalized spacial score (nSPS) is 14.9. The number of thiol groups is 1. The van der Waals surface area contributed by atoms with Gasteiger partial charge in [-0.15, -0.1) is 11.8 Å². The van der Waals surface area contributed by atoms with Crippen LogP contribution in [0.25, 0.3) is 0 Å². The average Bonchev–Trinajstić information content (AvgIpc) is 2.04. The third-order valence-electron chi connectivity index (χ3n) is 1.55. The van der Waals surface area contributed by atoms with Crippen LogP contribution in [0.15, 0.2) is 0 Å². The Bertz CT molecular complexity index is 195. The van der Waals surface area contributed by atoms with Crippen LogP contribution in [0, 0.1) is 5.92 Å². The monoisotopic (exact) mass is 224 g/mol. The van der Waals surface area contributed by atoms with Crippen molar-refractivity contribution < 1.29 is 19.8 Å². The van der Waals surface area contributed by atoms with Gasteiger partial charge in [-0.3, -0.25) is 9.59 Å². The predicted octanol–water partition coefficient (Wildman–Crippen LogP) is 0.823. The summed E-state index contributed by atoms with van der Waals surface area (Å²) in [7, 11) is 0. The molecule has 0 saturated heterocycles. The average molecular weight is 224 g/mol. The van der Waals surface area contributed by atoms with Crippen LogP contribution < -0.4 is 0 Å². The number of thioether (sulfide) groups is 1. The minimum absolute atomic E-state index is 0.0805. The molecule has 0 saturated carbocycles. The topological polar surface area (TPSA) is 74.6 Å². The molecule has 2 N–H and O–H groups in total. The second-order valence-corrected chi connectivity index (χ2v) is 4.15. The molecule has 0 rings (SSSR count). The fourth-order valence-corrected chi connectivity index (χ4v) is 2.19. The summed E-state index contributed by atoms with van der Waals surface area (Å²) in [4.78, 5) is 20.8. The molecule has 2 unspecified atom stereocenters. The van der Waals surface area contributed by atoms with Gasteiger partial charge in [0.1, 0.15) is 0 Å². The maximum atomic E-state index is 10.5. The third-order valence-corrected chi connectivity index (χ3v) is 3.61. The zero-order valence-electron chi connectivity index (χ0n) is 7.14. The van der Waals surface area contributed by atoms with E-state index in [2.05, 4.69) is 12.6 Å². The SMILES string of the molecule is CC(C(=O)O)C(CS)SCC(=O)O. The highest BCUT2D eigenvalue weighted by atomic mass is 32.2. The zero-order chi connectivity index (χ0) is 10.4. The van der Waals surface area contributed by atoms with Crippen molar-refractivity contribution in [2.45, 2.75) is 12.2 Å². The summed E-state index contributed by atoms with van der Waals surface area (Å²) in [5, 5.41) is 16.8. The molecule has 76 valence electrons. The largest absolute Gasteiger partial charge is 0.481 e. The first-order valence-electron chi connectivity index (χ1n) is 3.66. The molecular formula is C7H12O4S2. The molecule has 0 aromatic heterocycles. The van der Waals surface area contributed by atoms with Crippen molar-refractivity contribution in [3.8, 4) is 0 Å². The fraction of sp³-hybridized carbons (Fsp3) is 0.714. The molecule has 0 aliphatic carbocycles. The van der Waals surface area contributed by atoms with E-state index in [9.17, 15) is 9.59 Å². The van der Waals surface area contributed by atoms with Gasteiger partial charge in [-0.2, -0.15) is 12.6 Å². The Morgan fingerprint density at radius 2 is 2.00 bits per heavy atom. The summed E-state index contributed by atoms with van der Waals surface area (Å²) in [5.74, 6) is -2.14. The van der Waals surface area contributed by atoms with Gasteiger partial charge in [0, 0.05) is 11.0 Å². The molecule has 0 aliphatic heterocycles. The smallest absolute Gasteiger partial charge is 0.313 e. The standard InChI is InChI=1S/C7H12O4S2/c1-4(7(10)11)5(2-12)13-3-6(8)9/h4-5,12H,2-3H2,1H3,(H,8,9)(H,10,11). The van der Waals surface area contributed by atoms with Gasteiger partial charge in [-0.25, -0.2) is 0 Å². The molecule has 2 atom stereocenters. The van der Waals surface area contributed by atoms with E-state index in [1.54, 1.807) is 6.92 Å². The van der Waals surface area contributed by atoms with E-state index in [-0.39, 0.29) is 11.0 Å². The Balaban J connectivity index is 4.02. The summed E-state index contributed by atoms with van der Waals surface area (Å²) in [6, 6.07) is 0. The number of aliphatic carboxylic acids is 2. The van der Waals surface area contributed by atoms with Crippen LogP contribution in [0.4, 0.5) is 0 Å². The summed E-state index contributed by atoms with van der Waals surface area (Å²) < 4.78 is 0. The van der Waals surface area contributed by atoms with Gasteiger partial charge < -0.3 is 10.2 Å². The quantitative estimate of drug-likeness (QED) is 0.583. The van der Waals surface area contributed by atoms with Crippen molar-refractivity contribution in [1.82, 2.24) is 0 Å². The molecule has 0 bridgehead atoms. The van der Waals surface area contributed by atoms with Crippen LogP contribution in [0.1, 0.15) is 6.92 Å². The van der Waals surface area contributed by atoms with Crippen LogP contribution in [0.3, 0.4) is 0 Å². The summed E-state index contributed by atoms with van der Waals surface area (Å²) >= 11 is 5.08. The fourth-order valence-electron chi connectivity index (χ4n) is 0.693. The predicted molar refractivity (Wildman–Crippen MR) is 54.5 cm³/mol. The van der Waals surface area contributed by atoms with Crippen LogP contribution in [0.2, 0.25) is 0 Å². The Kier molecular flexibility index (Phi) is 5.98. The summed E-state index contributed by atoms with van der Waals surface area (Å²) in [5.41, 5.74) is 0. The molecule has 0 fully saturated rings. The zero-order valence-corrected chi connectivity index (χ0v) is 8.85. The highest BCUT2D eigenvalue weighted by Crippen LogP contribution is 2.21. The van der Waals surface area contributed by atoms with E-state index in [0.29, 0.717) is 5.75 Å².